The number of rotatable bonds is 6. The van der Waals surface area contributed by atoms with E-state index in [2.05, 4.69) is 12.1 Å². The standard InChI is InChI=1S/C17H25N3O3/c1-13-8-10-20(11-9-13)17(21)14(2)23-19-16(18)12-22-15-6-4-3-5-7-15/h3-7,13-14H,8-12H2,1-2H3,(H2,18,19). The van der Waals surface area contributed by atoms with Gasteiger partial charge in [0.15, 0.2) is 5.84 Å². The molecule has 1 aromatic carbocycles. The van der Waals surface area contributed by atoms with Gasteiger partial charge in [0.1, 0.15) is 12.4 Å². The first-order valence-corrected chi connectivity index (χ1v) is 8.01. The molecule has 1 heterocycles. The minimum Gasteiger partial charge on any atom is -0.486 e. The van der Waals surface area contributed by atoms with Crippen molar-refractivity contribution < 1.29 is 14.4 Å². The summed E-state index contributed by atoms with van der Waals surface area (Å²) >= 11 is 0. The highest BCUT2D eigenvalue weighted by Gasteiger charge is 2.25. The number of likely N-dealkylation sites (tertiary alicyclic amines) is 1. The van der Waals surface area contributed by atoms with Gasteiger partial charge in [-0.3, -0.25) is 4.79 Å². The summed E-state index contributed by atoms with van der Waals surface area (Å²) in [6.07, 6.45) is 1.43. The van der Waals surface area contributed by atoms with E-state index in [1.807, 2.05) is 35.2 Å². The normalized spacial score (nSPS) is 17.7. The molecule has 1 amide bonds. The minimum atomic E-state index is -0.640. The molecule has 0 bridgehead atoms. The highest BCUT2D eigenvalue weighted by molar-refractivity contribution is 5.82. The Hall–Kier alpha value is -2.24. The number of carbonyl (C=O) groups is 1. The van der Waals surface area contributed by atoms with Crippen molar-refractivity contribution in [1.82, 2.24) is 4.90 Å². The first kappa shape index (κ1) is 17.1. The van der Waals surface area contributed by atoms with E-state index in [9.17, 15) is 4.79 Å². The van der Waals surface area contributed by atoms with Crippen LogP contribution in [0.5, 0.6) is 5.75 Å². The summed E-state index contributed by atoms with van der Waals surface area (Å²) in [6.45, 7) is 5.58. The van der Waals surface area contributed by atoms with E-state index in [-0.39, 0.29) is 18.3 Å². The molecule has 1 aliphatic rings. The molecule has 126 valence electrons. The molecule has 1 fully saturated rings. The molecule has 0 aromatic heterocycles. The molecule has 2 rings (SSSR count). The number of hydrogen-bond acceptors (Lipinski definition) is 4. The molecule has 1 aromatic rings. The van der Waals surface area contributed by atoms with E-state index in [0.717, 1.165) is 25.9 Å². The van der Waals surface area contributed by atoms with Gasteiger partial charge in [-0.2, -0.15) is 0 Å². The summed E-state index contributed by atoms with van der Waals surface area (Å²) in [5.74, 6) is 1.54. The first-order chi connectivity index (χ1) is 11.1. The van der Waals surface area contributed by atoms with Crippen LogP contribution in [0.1, 0.15) is 26.7 Å². The third-order valence-corrected chi connectivity index (χ3v) is 3.90. The minimum absolute atomic E-state index is 0.0440. The van der Waals surface area contributed by atoms with E-state index < -0.39 is 6.10 Å². The second-order valence-electron chi connectivity index (χ2n) is 5.94. The second kappa shape index (κ2) is 8.41. The van der Waals surface area contributed by atoms with E-state index in [1.54, 1.807) is 6.92 Å². The molecule has 0 aliphatic carbocycles. The average molecular weight is 319 g/mol. The molecule has 0 radical (unpaired) electrons. The quantitative estimate of drug-likeness (QED) is 0.494. The lowest BCUT2D eigenvalue weighted by Gasteiger charge is -2.31. The summed E-state index contributed by atoms with van der Waals surface area (Å²) < 4.78 is 5.46. The van der Waals surface area contributed by atoms with E-state index in [1.165, 1.54) is 0 Å². The van der Waals surface area contributed by atoms with Gasteiger partial charge in [-0.05, 0) is 37.8 Å². The Balaban J connectivity index is 1.75. The van der Waals surface area contributed by atoms with Gasteiger partial charge in [-0.1, -0.05) is 30.3 Å². The number of nitrogens with zero attached hydrogens (tertiary/aromatic N) is 2. The smallest absolute Gasteiger partial charge is 0.266 e. The summed E-state index contributed by atoms with van der Waals surface area (Å²) in [7, 11) is 0. The average Bonchev–Trinajstić information content (AvgIpc) is 2.58. The first-order valence-electron chi connectivity index (χ1n) is 8.01. The van der Waals surface area contributed by atoms with Crippen LogP contribution >= 0.6 is 0 Å². The van der Waals surface area contributed by atoms with Crippen molar-refractivity contribution in [1.29, 1.82) is 0 Å². The van der Waals surface area contributed by atoms with Crippen molar-refractivity contribution in [3.05, 3.63) is 30.3 Å². The number of oxime groups is 1. The van der Waals surface area contributed by atoms with Crippen LogP contribution in [0.4, 0.5) is 0 Å². The Morgan fingerprint density at radius 1 is 1.35 bits per heavy atom. The number of hydrogen-bond donors (Lipinski definition) is 1. The summed E-state index contributed by atoms with van der Waals surface area (Å²) in [6, 6.07) is 9.32. The zero-order chi connectivity index (χ0) is 16.7. The van der Waals surface area contributed by atoms with Crippen LogP contribution in [0.15, 0.2) is 35.5 Å². The number of piperidine rings is 1. The van der Waals surface area contributed by atoms with Gasteiger partial charge in [-0.25, -0.2) is 0 Å². The fourth-order valence-electron chi connectivity index (χ4n) is 2.38. The van der Waals surface area contributed by atoms with Crippen LogP contribution < -0.4 is 10.5 Å². The van der Waals surface area contributed by atoms with Crippen molar-refractivity contribution in [3.63, 3.8) is 0 Å². The Morgan fingerprint density at radius 3 is 2.65 bits per heavy atom. The number of para-hydroxylation sites is 1. The van der Waals surface area contributed by atoms with Gasteiger partial charge in [0.25, 0.3) is 5.91 Å². The molecule has 23 heavy (non-hydrogen) atoms. The summed E-state index contributed by atoms with van der Waals surface area (Å²) in [4.78, 5) is 19.3. The molecule has 1 atom stereocenters. The van der Waals surface area contributed by atoms with Gasteiger partial charge >= 0.3 is 0 Å². The zero-order valence-corrected chi connectivity index (χ0v) is 13.8. The maximum Gasteiger partial charge on any atom is 0.266 e. The van der Waals surface area contributed by atoms with Crippen molar-refractivity contribution in [2.45, 2.75) is 32.8 Å². The molecular formula is C17H25N3O3. The maximum absolute atomic E-state index is 12.3. The van der Waals surface area contributed by atoms with Gasteiger partial charge in [0.2, 0.25) is 6.10 Å². The third-order valence-electron chi connectivity index (χ3n) is 3.90. The lowest BCUT2D eigenvalue weighted by Crippen LogP contribution is -2.43. The lowest BCUT2D eigenvalue weighted by molar-refractivity contribution is -0.144. The Bertz CT molecular complexity index is 525. The van der Waals surface area contributed by atoms with Crippen molar-refractivity contribution in [2.75, 3.05) is 19.7 Å². The maximum atomic E-state index is 12.3. The fourth-order valence-corrected chi connectivity index (χ4v) is 2.38. The van der Waals surface area contributed by atoms with Crippen LogP contribution in [0, 0.1) is 5.92 Å². The molecule has 1 unspecified atom stereocenters. The van der Waals surface area contributed by atoms with Gasteiger partial charge in [0, 0.05) is 13.1 Å². The lowest BCUT2D eigenvalue weighted by atomic mass is 9.99. The molecule has 2 N–H and O–H groups in total. The third kappa shape index (κ3) is 5.47. The number of amides is 1. The molecule has 1 saturated heterocycles. The number of ether oxygens (including phenoxy) is 1. The predicted molar refractivity (Wildman–Crippen MR) is 89.1 cm³/mol. The highest BCUT2D eigenvalue weighted by Crippen LogP contribution is 2.17. The van der Waals surface area contributed by atoms with Gasteiger partial charge in [0.05, 0.1) is 0 Å². The van der Waals surface area contributed by atoms with Crippen LogP contribution in [-0.2, 0) is 9.63 Å². The van der Waals surface area contributed by atoms with E-state index >= 15 is 0 Å². The second-order valence-corrected chi connectivity index (χ2v) is 5.94. The van der Waals surface area contributed by atoms with Crippen LogP contribution in [-0.4, -0.2) is 42.4 Å². The zero-order valence-electron chi connectivity index (χ0n) is 13.8. The molecular weight excluding hydrogens is 294 g/mol. The fraction of sp³-hybridized carbons (Fsp3) is 0.529. The Labute approximate surface area is 137 Å². The van der Waals surface area contributed by atoms with Crippen molar-refractivity contribution in [3.8, 4) is 5.75 Å². The number of carbonyl (C=O) groups excluding carboxylic acids is 1. The van der Waals surface area contributed by atoms with E-state index in [0.29, 0.717) is 11.7 Å². The highest BCUT2D eigenvalue weighted by atomic mass is 16.6. The summed E-state index contributed by atoms with van der Waals surface area (Å²) in [5.41, 5.74) is 5.74. The van der Waals surface area contributed by atoms with Crippen LogP contribution in [0.3, 0.4) is 0 Å². The van der Waals surface area contributed by atoms with E-state index in [4.69, 9.17) is 15.3 Å². The molecule has 0 saturated carbocycles. The Kier molecular flexibility index (Phi) is 6.26. The predicted octanol–water partition coefficient (Wildman–Crippen LogP) is 2.00. The summed E-state index contributed by atoms with van der Waals surface area (Å²) in [5, 5.41) is 3.79. The van der Waals surface area contributed by atoms with Crippen LogP contribution in [0.2, 0.25) is 0 Å². The number of amidine groups is 1. The van der Waals surface area contributed by atoms with Crippen molar-refractivity contribution >= 4 is 11.7 Å². The molecule has 0 spiro atoms. The topological polar surface area (TPSA) is 77.2 Å². The van der Waals surface area contributed by atoms with Crippen LogP contribution in [0.25, 0.3) is 0 Å². The molecule has 6 nitrogen and oxygen atoms in total. The SMILES string of the molecule is CC1CCN(C(=O)C(C)ON=C(N)COc2ccccc2)CC1. The van der Waals surface area contributed by atoms with Gasteiger partial charge in [-0.15, -0.1) is 0 Å². The molecule has 1 aliphatic heterocycles. The number of nitrogens with two attached hydrogens (primary N) is 1. The largest absolute Gasteiger partial charge is 0.486 e. The monoisotopic (exact) mass is 319 g/mol. The number of benzene rings is 1. The molecule has 6 heteroatoms. The van der Waals surface area contributed by atoms with Gasteiger partial charge < -0.3 is 20.2 Å². The Morgan fingerprint density at radius 2 is 2.00 bits per heavy atom. The van der Waals surface area contributed by atoms with Crippen molar-refractivity contribution in [2.24, 2.45) is 16.8 Å².